The van der Waals surface area contributed by atoms with Gasteiger partial charge < -0.3 is 10.2 Å². The van der Waals surface area contributed by atoms with Crippen molar-refractivity contribution in [2.75, 3.05) is 17.4 Å². The van der Waals surface area contributed by atoms with Crippen molar-refractivity contribution in [2.45, 2.75) is 72.4 Å². The van der Waals surface area contributed by atoms with Crippen molar-refractivity contribution in [1.82, 2.24) is 10.2 Å². The summed E-state index contributed by atoms with van der Waals surface area (Å²) in [5.41, 5.74) is 5.00. The number of rotatable bonds is 12. The van der Waals surface area contributed by atoms with Gasteiger partial charge in [0.1, 0.15) is 12.6 Å². The molecule has 8 heteroatoms. The molecular weight excluding hydrogens is 534 g/mol. The molecule has 0 aliphatic heterocycles. The molecule has 0 saturated carbocycles. The third kappa shape index (κ3) is 8.43. The van der Waals surface area contributed by atoms with Gasteiger partial charge in [0, 0.05) is 13.1 Å². The Morgan fingerprint density at radius 2 is 1.46 bits per heavy atom. The summed E-state index contributed by atoms with van der Waals surface area (Å²) in [4.78, 5) is 29.2. The Kier molecular flexibility index (Phi) is 10.7. The lowest BCUT2D eigenvalue weighted by Gasteiger charge is -2.33. The van der Waals surface area contributed by atoms with E-state index in [2.05, 4.69) is 5.32 Å². The smallest absolute Gasteiger partial charge is 0.264 e. The highest BCUT2D eigenvalue weighted by atomic mass is 32.2. The highest BCUT2D eigenvalue weighted by molar-refractivity contribution is 7.92. The van der Waals surface area contributed by atoms with Crippen molar-refractivity contribution in [3.05, 3.63) is 94.5 Å². The summed E-state index contributed by atoms with van der Waals surface area (Å²) in [7, 11) is -4.10. The summed E-state index contributed by atoms with van der Waals surface area (Å²) in [5, 5.41) is 2.96. The first kappa shape index (κ1) is 31.9. The summed E-state index contributed by atoms with van der Waals surface area (Å²) in [5.74, 6) is -0.452. The van der Waals surface area contributed by atoms with E-state index in [1.165, 1.54) is 9.21 Å². The van der Waals surface area contributed by atoms with Crippen LogP contribution in [0.25, 0.3) is 0 Å². The van der Waals surface area contributed by atoms with E-state index in [0.29, 0.717) is 18.7 Å². The first-order valence-corrected chi connectivity index (χ1v) is 15.6. The zero-order valence-electron chi connectivity index (χ0n) is 25.3. The molecule has 220 valence electrons. The highest BCUT2D eigenvalue weighted by Crippen LogP contribution is 2.27. The molecule has 0 aliphatic rings. The Morgan fingerprint density at radius 1 is 0.829 bits per heavy atom. The topological polar surface area (TPSA) is 86.8 Å². The Labute approximate surface area is 245 Å². The Balaban J connectivity index is 2.08. The van der Waals surface area contributed by atoms with Crippen molar-refractivity contribution in [1.29, 1.82) is 0 Å². The number of sulfonamides is 1. The fourth-order valence-corrected chi connectivity index (χ4v) is 6.21. The minimum absolute atomic E-state index is 0.0991. The van der Waals surface area contributed by atoms with E-state index in [-0.39, 0.29) is 23.3 Å². The number of carbonyl (C=O) groups is 2. The number of nitrogens with zero attached hydrogens (tertiary/aromatic N) is 2. The lowest BCUT2D eigenvalue weighted by atomic mass is 10.1. The second-order valence-electron chi connectivity index (χ2n) is 11.2. The van der Waals surface area contributed by atoms with Gasteiger partial charge >= 0.3 is 0 Å². The van der Waals surface area contributed by atoms with Crippen LogP contribution in [0.2, 0.25) is 0 Å². The third-order valence-electron chi connectivity index (χ3n) is 6.89. The van der Waals surface area contributed by atoms with Gasteiger partial charge in [-0.3, -0.25) is 13.9 Å². The Bertz CT molecular complexity index is 1450. The van der Waals surface area contributed by atoms with Gasteiger partial charge in [0.05, 0.1) is 10.6 Å². The first-order valence-electron chi connectivity index (χ1n) is 14.1. The van der Waals surface area contributed by atoms with E-state index >= 15 is 0 Å². The molecule has 2 amide bonds. The van der Waals surface area contributed by atoms with Crippen LogP contribution in [0.1, 0.15) is 55.0 Å². The van der Waals surface area contributed by atoms with Crippen LogP contribution in [0.3, 0.4) is 0 Å². The SMILES string of the molecule is CCC(C(=O)NCC(C)C)N(Cc1cccc(C)c1)C(=O)CN(c1cc(C)cc(C)c1)S(=O)(=O)c1ccc(C)cc1. The number of hydrogen-bond donors (Lipinski definition) is 1. The van der Waals surface area contributed by atoms with E-state index in [0.717, 1.165) is 27.8 Å². The minimum atomic E-state index is -4.10. The molecule has 0 aliphatic carbocycles. The molecule has 0 fully saturated rings. The van der Waals surface area contributed by atoms with Gasteiger partial charge in [0.2, 0.25) is 11.8 Å². The molecule has 0 saturated heterocycles. The number of nitrogens with one attached hydrogen (secondary N) is 1. The first-order chi connectivity index (χ1) is 19.3. The molecule has 0 heterocycles. The maximum Gasteiger partial charge on any atom is 0.264 e. The lowest BCUT2D eigenvalue weighted by Crippen LogP contribution is -2.52. The predicted octanol–water partition coefficient (Wildman–Crippen LogP) is 5.70. The van der Waals surface area contributed by atoms with Crippen LogP contribution < -0.4 is 9.62 Å². The normalized spacial score (nSPS) is 12.2. The summed E-state index contributed by atoms with van der Waals surface area (Å²) < 4.78 is 29.3. The number of carbonyl (C=O) groups excluding carboxylic acids is 2. The standard InChI is InChI=1S/C33H43N3O4S/c1-8-31(33(38)34-20-23(2)3)35(21-28-11-9-10-25(5)17-28)32(37)22-36(29-18-26(6)16-27(7)19-29)41(39,40)30-14-12-24(4)13-15-30/h9-19,23,31H,8,20-22H2,1-7H3,(H,34,38). The van der Waals surface area contributed by atoms with E-state index in [4.69, 9.17) is 0 Å². The van der Waals surface area contributed by atoms with Crippen LogP contribution in [-0.2, 0) is 26.2 Å². The molecular formula is C33H43N3O4S. The molecule has 3 aromatic rings. The monoisotopic (exact) mass is 577 g/mol. The van der Waals surface area contributed by atoms with Gasteiger partial charge in [-0.15, -0.1) is 0 Å². The van der Waals surface area contributed by atoms with Crippen LogP contribution in [0, 0.1) is 33.6 Å². The third-order valence-corrected chi connectivity index (χ3v) is 8.68. The Hall–Kier alpha value is -3.65. The molecule has 3 aromatic carbocycles. The second kappa shape index (κ2) is 13.8. The number of anilines is 1. The molecule has 0 spiro atoms. The molecule has 0 aromatic heterocycles. The molecule has 3 rings (SSSR count). The quantitative estimate of drug-likeness (QED) is 0.299. The minimum Gasteiger partial charge on any atom is -0.354 e. The largest absolute Gasteiger partial charge is 0.354 e. The lowest BCUT2D eigenvalue weighted by molar-refractivity contribution is -0.140. The van der Waals surface area contributed by atoms with Crippen LogP contribution >= 0.6 is 0 Å². The van der Waals surface area contributed by atoms with Gasteiger partial charge in [-0.25, -0.2) is 8.42 Å². The molecule has 7 nitrogen and oxygen atoms in total. The van der Waals surface area contributed by atoms with Crippen molar-refractivity contribution < 1.29 is 18.0 Å². The maximum absolute atomic E-state index is 14.2. The number of aryl methyl sites for hydroxylation is 4. The van der Waals surface area contributed by atoms with E-state index in [1.54, 1.807) is 36.4 Å². The average molecular weight is 578 g/mol. The molecule has 1 atom stereocenters. The highest BCUT2D eigenvalue weighted by Gasteiger charge is 2.33. The average Bonchev–Trinajstić information content (AvgIpc) is 2.89. The van der Waals surface area contributed by atoms with E-state index in [9.17, 15) is 18.0 Å². The number of hydrogen-bond acceptors (Lipinski definition) is 4. The van der Waals surface area contributed by atoms with Gasteiger partial charge in [0.25, 0.3) is 10.0 Å². The van der Waals surface area contributed by atoms with Gasteiger partial charge in [-0.2, -0.15) is 0 Å². The van der Waals surface area contributed by atoms with E-state index in [1.807, 2.05) is 78.8 Å². The van der Waals surface area contributed by atoms with Crippen molar-refractivity contribution in [3.8, 4) is 0 Å². The molecule has 0 bridgehead atoms. The molecule has 0 radical (unpaired) electrons. The zero-order chi connectivity index (χ0) is 30.3. The summed E-state index contributed by atoms with van der Waals surface area (Å²) in [6.07, 6.45) is 0.385. The van der Waals surface area contributed by atoms with Crippen LogP contribution in [0.15, 0.2) is 71.6 Å². The van der Waals surface area contributed by atoms with Crippen molar-refractivity contribution in [3.63, 3.8) is 0 Å². The number of amides is 2. The van der Waals surface area contributed by atoms with Gasteiger partial charge in [0.15, 0.2) is 0 Å². The maximum atomic E-state index is 14.2. The summed E-state index contributed by atoms with van der Waals surface area (Å²) >= 11 is 0. The predicted molar refractivity (Wildman–Crippen MR) is 165 cm³/mol. The van der Waals surface area contributed by atoms with E-state index < -0.39 is 28.5 Å². The Morgan fingerprint density at radius 3 is 2.02 bits per heavy atom. The van der Waals surface area contributed by atoms with Gasteiger partial charge in [-0.1, -0.05) is 74.4 Å². The van der Waals surface area contributed by atoms with Crippen molar-refractivity contribution >= 4 is 27.5 Å². The van der Waals surface area contributed by atoms with Crippen molar-refractivity contribution in [2.24, 2.45) is 5.92 Å². The van der Waals surface area contributed by atoms with Gasteiger partial charge in [-0.05, 0) is 81.0 Å². The molecule has 1 N–H and O–H groups in total. The summed E-state index contributed by atoms with van der Waals surface area (Å²) in [6.45, 7) is 13.7. The fraction of sp³-hybridized carbons (Fsp3) is 0.394. The zero-order valence-corrected chi connectivity index (χ0v) is 26.1. The molecule has 1 unspecified atom stereocenters. The fourth-order valence-electron chi connectivity index (χ4n) is 4.81. The molecule has 41 heavy (non-hydrogen) atoms. The van der Waals surface area contributed by atoms with Crippen LogP contribution in [0.4, 0.5) is 5.69 Å². The second-order valence-corrected chi connectivity index (χ2v) is 13.1. The number of benzene rings is 3. The van der Waals surface area contributed by atoms with Crippen LogP contribution in [-0.4, -0.2) is 44.3 Å². The summed E-state index contributed by atoms with van der Waals surface area (Å²) in [6, 6.07) is 19.1. The van der Waals surface area contributed by atoms with Crippen LogP contribution in [0.5, 0.6) is 0 Å².